The molecule has 1 saturated heterocycles. The lowest BCUT2D eigenvalue weighted by Crippen LogP contribution is -2.39. The number of aromatic nitrogens is 2. The van der Waals surface area contributed by atoms with Crippen molar-refractivity contribution >= 4 is 22.6 Å². The van der Waals surface area contributed by atoms with E-state index in [-0.39, 0.29) is 29.1 Å². The van der Waals surface area contributed by atoms with E-state index >= 15 is 0 Å². The van der Waals surface area contributed by atoms with Gasteiger partial charge < -0.3 is 10.6 Å². The number of carbonyl (C=O) groups is 2. The highest BCUT2D eigenvalue weighted by Gasteiger charge is 2.22. The fourth-order valence-electron chi connectivity index (χ4n) is 2.42. The highest BCUT2D eigenvalue weighted by Crippen LogP contribution is 2.12. The number of carbonyl (C=O) groups excluding carboxylic acids is 2. The van der Waals surface area contributed by atoms with Crippen LogP contribution in [0.1, 0.15) is 23.3 Å². The lowest BCUT2D eigenvalue weighted by Gasteiger charge is -2.11. The number of nitrogens with zero attached hydrogens (tertiary/aromatic N) is 1. The van der Waals surface area contributed by atoms with E-state index in [4.69, 9.17) is 0 Å². The molecule has 0 spiro atoms. The fourth-order valence-corrected chi connectivity index (χ4v) is 2.42. The summed E-state index contributed by atoms with van der Waals surface area (Å²) in [5.41, 5.74) is -0.153. The van der Waals surface area contributed by atoms with Gasteiger partial charge in [-0.25, -0.2) is 5.10 Å². The average molecular weight is 286 g/mol. The Bertz CT molecular complexity index is 768. The second-order valence-electron chi connectivity index (χ2n) is 4.96. The minimum absolute atomic E-state index is 0.00173. The number of fused-ring (bicyclic) bond motifs is 1. The number of aromatic amines is 1. The van der Waals surface area contributed by atoms with E-state index in [1.807, 2.05) is 0 Å². The highest BCUT2D eigenvalue weighted by atomic mass is 16.2. The summed E-state index contributed by atoms with van der Waals surface area (Å²) in [7, 11) is 0. The summed E-state index contributed by atoms with van der Waals surface area (Å²) in [6.45, 7) is 0.347. The van der Waals surface area contributed by atoms with Crippen LogP contribution in [0, 0.1) is 0 Å². The van der Waals surface area contributed by atoms with Crippen molar-refractivity contribution in [3.63, 3.8) is 0 Å². The van der Waals surface area contributed by atoms with E-state index in [0.717, 1.165) is 0 Å². The predicted molar refractivity (Wildman–Crippen MR) is 75.9 cm³/mol. The summed E-state index contributed by atoms with van der Waals surface area (Å²) < 4.78 is 0. The van der Waals surface area contributed by atoms with Gasteiger partial charge in [0, 0.05) is 24.4 Å². The van der Waals surface area contributed by atoms with Gasteiger partial charge in [0.2, 0.25) is 5.91 Å². The van der Waals surface area contributed by atoms with Gasteiger partial charge in [-0.05, 0) is 12.5 Å². The second-order valence-corrected chi connectivity index (χ2v) is 4.96. The summed E-state index contributed by atoms with van der Waals surface area (Å²) in [5.74, 6) is -0.370. The van der Waals surface area contributed by atoms with E-state index in [2.05, 4.69) is 20.8 Å². The molecule has 0 radical (unpaired) electrons. The molecule has 2 aromatic rings. The van der Waals surface area contributed by atoms with Crippen molar-refractivity contribution in [2.45, 2.75) is 18.9 Å². The highest BCUT2D eigenvalue weighted by molar-refractivity contribution is 6.04. The molecule has 1 aliphatic rings. The zero-order chi connectivity index (χ0) is 14.8. The van der Waals surface area contributed by atoms with Crippen LogP contribution >= 0.6 is 0 Å². The third kappa shape index (κ3) is 2.62. The molecule has 1 fully saturated rings. The van der Waals surface area contributed by atoms with Gasteiger partial charge >= 0.3 is 0 Å². The maximum atomic E-state index is 12.2. The van der Waals surface area contributed by atoms with Crippen LogP contribution in [0.25, 0.3) is 10.8 Å². The first-order valence-electron chi connectivity index (χ1n) is 6.70. The Morgan fingerprint density at radius 2 is 2.05 bits per heavy atom. The summed E-state index contributed by atoms with van der Waals surface area (Å²) in [6.07, 6.45) is 1.19. The lowest BCUT2D eigenvalue weighted by molar-refractivity contribution is -0.119. The molecule has 1 unspecified atom stereocenters. The quantitative estimate of drug-likeness (QED) is 0.734. The summed E-state index contributed by atoms with van der Waals surface area (Å²) in [5, 5.41) is 12.6. The summed E-state index contributed by atoms with van der Waals surface area (Å²) in [6, 6.07) is 6.76. The van der Waals surface area contributed by atoms with E-state index < -0.39 is 0 Å². The van der Waals surface area contributed by atoms with Crippen molar-refractivity contribution in [1.82, 2.24) is 20.8 Å². The molecule has 1 aromatic heterocycles. The third-order valence-corrected chi connectivity index (χ3v) is 3.51. The fraction of sp³-hybridized carbons (Fsp3) is 0.286. The molecule has 1 aromatic carbocycles. The van der Waals surface area contributed by atoms with Gasteiger partial charge in [-0.1, -0.05) is 18.2 Å². The van der Waals surface area contributed by atoms with Crippen molar-refractivity contribution in [2.24, 2.45) is 0 Å². The van der Waals surface area contributed by atoms with Gasteiger partial charge in [0.05, 0.1) is 5.39 Å². The first-order chi connectivity index (χ1) is 10.1. The normalized spacial score (nSPS) is 17.7. The van der Waals surface area contributed by atoms with Gasteiger partial charge in [-0.2, -0.15) is 5.10 Å². The topological polar surface area (TPSA) is 104 Å². The van der Waals surface area contributed by atoms with Crippen molar-refractivity contribution in [1.29, 1.82) is 0 Å². The van der Waals surface area contributed by atoms with Crippen LogP contribution in [0.5, 0.6) is 0 Å². The van der Waals surface area contributed by atoms with Gasteiger partial charge in [-0.15, -0.1) is 0 Å². The number of hydrogen-bond donors (Lipinski definition) is 3. The number of amides is 2. The zero-order valence-corrected chi connectivity index (χ0v) is 11.2. The van der Waals surface area contributed by atoms with Gasteiger partial charge in [0.1, 0.15) is 0 Å². The van der Waals surface area contributed by atoms with Gasteiger partial charge in [0.25, 0.3) is 11.5 Å². The first kappa shape index (κ1) is 13.3. The van der Waals surface area contributed by atoms with Gasteiger partial charge in [0.15, 0.2) is 5.69 Å². The standard InChI is InChI=1S/C14H14N4O3/c19-11-6-5-8(16-11)7-15-14(21)12-9-3-1-2-4-10(9)13(20)18-17-12/h1-4,8H,5-7H2,(H,15,21)(H,16,19)(H,18,20). The molecule has 2 amide bonds. The Hall–Kier alpha value is -2.70. The zero-order valence-electron chi connectivity index (χ0n) is 11.2. The molecule has 7 nitrogen and oxygen atoms in total. The second kappa shape index (κ2) is 5.35. The first-order valence-corrected chi connectivity index (χ1v) is 6.70. The van der Waals surface area contributed by atoms with Crippen molar-refractivity contribution in [2.75, 3.05) is 6.54 Å². The van der Waals surface area contributed by atoms with E-state index in [1.54, 1.807) is 24.3 Å². The Labute approximate surface area is 119 Å². The lowest BCUT2D eigenvalue weighted by atomic mass is 10.1. The Balaban J connectivity index is 1.80. The smallest absolute Gasteiger partial charge is 0.272 e. The molecule has 7 heteroatoms. The average Bonchev–Trinajstić information content (AvgIpc) is 2.91. The Morgan fingerprint density at radius 1 is 1.29 bits per heavy atom. The van der Waals surface area contributed by atoms with Crippen LogP contribution in [-0.4, -0.2) is 34.6 Å². The molecule has 3 rings (SSSR count). The SMILES string of the molecule is O=C1CCC(CNC(=O)c2n[nH]c(=O)c3ccccc23)N1. The maximum absolute atomic E-state index is 12.2. The molecule has 0 bridgehead atoms. The Morgan fingerprint density at radius 3 is 2.76 bits per heavy atom. The maximum Gasteiger partial charge on any atom is 0.272 e. The minimum Gasteiger partial charge on any atom is -0.352 e. The van der Waals surface area contributed by atoms with Crippen LogP contribution in [0.2, 0.25) is 0 Å². The Kier molecular flexibility index (Phi) is 3.39. The van der Waals surface area contributed by atoms with Crippen LogP contribution in [0.3, 0.4) is 0 Å². The molecule has 2 heterocycles. The van der Waals surface area contributed by atoms with Crippen molar-refractivity contribution in [3.05, 3.63) is 40.3 Å². The third-order valence-electron chi connectivity index (χ3n) is 3.51. The molecular formula is C14H14N4O3. The summed E-state index contributed by atoms with van der Waals surface area (Å²) >= 11 is 0. The van der Waals surface area contributed by atoms with Crippen LogP contribution in [0.4, 0.5) is 0 Å². The number of nitrogens with one attached hydrogen (secondary N) is 3. The largest absolute Gasteiger partial charge is 0.352 e. The monoisotopic (exact) mass is 286 g/mol. The van der Waals surface area contributed by atoms with Crippen LogP contribution in [0.15, 0.2) is 29.1 Å². The molecule has 0 aliphatic carbocycles. The van der Waals surface area contributed by atoms with E-state index in [1.165, 1.54) is 0 Å². The van der Waals surface area contributed by atoms with Gasteiger partial charge in [-0.3, -0.25) is 14.4 Å². The molecule has 1 aliphatic heterocycles. The number of H-pyrrole nitrogens is 1. The summed E-state index contributed by atoms with van der Waals surface area (Å²) in [4.78, 5) is 35.0. The van der Waals surface area contributed by atoms with Crippen LogP contribution < -0.4 is 16.2 Å². The minimum atomic E-state index is -0.372. The number of hydrogen-bond acceptors (Lipinski definition) is 4. The molecule has 108 valence electrons. The predicted octanol–water partition coefficient (Wildman–Crippen LogP) is -0.0685. The molecule has 1 atom stereocenters. The molecule has 21 heavy (non-hydrogen) atoms. The van der Waals surface area contributed by atoms with Crippen LogP contribution in [-0.2, 0) is 4.79 Å². The number of rotatable bonds is 3. The number of benzene rings is 1. The molecule has 3 N–H and O–H groups in total. The van der Waals surface area contributed by atoms with E-state index in [9.17, 15) is 14.4 Å². The molecular weight excluding hydrogens is 272 g/mol. The molecule has 0 saturated carbocycles. The van der Waals surface area contributed by atoms with E-state index in [0.29, 0.717) is 30.2 Å². The van der Waals surface area contributed by atoms with Crippen molar-refractivity contribution < 1.29 is 9.59 Å². The van der Waals surface area contributed by atoms with Crippen molar-refractivity contribution in [3.8, 4) is 0 Å².